The maximum absolute atomic E-state index is 12.3. The van der Waals surface area contributed by atoms with Crippen molar-refractivity contribution in [1.82, 2.24) is 20.4 Å². The van der Waals surface area contributed by atoms with Gasteiger partial charge in [-0.1, -0.05) is 24.6 Å². The maximum Gasteiger partial charge on any atom is 0.225 e. The van der Waals surface area contributed by atoms with Gasteiger partial charge in [0.2, 0.25) is 5.91 Å². The number of hydrogen-bond acceptors (Lipinski definition) is 4. The normalized spacial score (nSPS) is 18.3. The van der Waals surface area contributed by atoms with Gasteiger partial charge in [0.1, 0.15) is 5.75 Å². The van der Waals surface area contributed by atoms with Crippen molar-refractivity contribution in [2.45, 2.75) is 32.7 Å². The Kier molecular flexibility index (Phi) is 8.16. The SMILES string of the molecule is CCOc1ccccc1CNC(=NC)NCCN1CCN(C(=O)C2CCC2)CC1. The molecule has 0 unspecified atom stereocenters. The number of carbonyl (C=O) groups is 1. The second-order valence-corrected chi connectivity index (χ2v) is 7.69. The number of piperazine rings is 1. The van der Waals surface area contributed by atoms with E-state index < -0.39 is 0 Å². The third-order valence-electron chi connectivity index (χ3n) is 5.80. The van der Waals surface area contributed by atoms with E-state index in [1.165, 1.54) is 6.42 Å². The number of para-hydroxylation sites is 1. The fourth-order valence-corrected chi connectivity index (χ4v) is 3.78. The molecule has 29 heavy (non-hydrogen) atoms. The van der Waals surface area contributed by atoms with Gasteiger partial charge in [-0.05, 0) is 25.8 Å². The van der Waals surface area contributed by atoms with Gasteiger partial charge in [-0.25, -0.2) is 0 Å². The van der Waals surface area contributed by atoms with Gasteiger partial charge in [-0.3, -0.25) is 14.7 Å². The third kappa shape index (κ3) is 6.10. The van der Waals surface area contributed by atoms with Gasteiger partial charge < -0.3 is 20.3 Å². The first-order valence-electron chi connectivity index (χ1n) is 10.9. The molecule has 1 heterocycles. The predicted molar refractivity (Wildman–Crippen MR) is 116 cm³/mol. The van der Waals surface area contributed by atoms with Crippen LogP contribution in [0.1, 0.15) is 31.7 Å². The van der Waals surface area contributed by atoms with Gasteiger partial charge in [0, 0.05) is 64.3 Å². The molecule has 0 radical (unpaired) electrons. The first-order chi connectivity index (χ1) is 14.2. The molecular formula is C22H35N5O2. The summed E-state index contributed by atoms with van der Waals surface area (Å²) in [6.45, 7) is 8.70. The Balaban J connectivity index is 1.35. The van der Waals surface area contributed by atoms with Crippen molar-refractivity contribution in [2.75, 3.05) is 52.9 Å². The van der Waals surface area contributed by atoms with Crippen LogP contribution in [-0.2, 0) is 11.3 Å². The fourth-order valence-electron chi connectivity index (χ4n) is 3.78. The molecule has 7 heteroatoms. The summed E-state index contributed by atoms with van der Waals surface area (Å²) in [7, 11) is 1.79. The molecule has 0 atom stereocenters. The summed E-state index contributed by atoms with van der Waals surface area (Å²) >= 11 is 0. The van der Waals surface area contributed by atoms with Gasteiger partial charge in [0.15, 0.2) is 5.96 Å². The van der Waals surface area contributed by atoms with Crippen LogP contribution in [0.5, 0.6) is 5.75 Å². The molecule has 0 spiro atoms. The van der Waals surface area contributed by atoms with Crippen molar-refractivity contribution in [3.63, 3.8) is 0 Å². The van der Waals surface area contributed by atoms with Gasteiger partial charge in [0.05, 0.1) is 6.61 Å². The average molecular weight is 402 g/mol. The maximum atomic E-state index is 12.3. The number of amides is 1. The summed E-state index contributed by atoms with van der Waals surface area (Å²) < 4.78 is 5.68. The Bertz CT molecular complexity index is 682. The van der Waals surface area contributed by atoms with E-state index in [0.717, 1.165) is 69.4 Å². The molecule has 0 bridgehead atoms. The van der Waals surface area contributed by atoms with Crippen LogP contribution in [0, 0.1) is 5.92 Å². The van der Waals surface area contributed by atoms with Gasteiger partial charge in [-0.15, -0.1) is 0 Å². The molecule has 1 aliphatic heterocycles. The zero-order valence-electron chi connectivity index (χ0n) is 17.8. The minimum absolute atomic E-state index is 0.311. The quantitative estimate of drug-likeness (QED) is 0.513. The lowest BCUT2D eigenvalue weighted by molar-refractivity contribution is -0.139. The molecule has 1 saturated heterocycles. The summed E-state index contributed by atoms with van der Waals surface area (Å²) in [6.07, 6.45) is 3.39. The Labute approximate surface area is 174 Å². The largest absolute Gasteiger partial charge is 0.494 e. The zero-order valence-corrected chi connectivity index (χ0v) is 17.8. The lowest BCUT2D eigenvalue weighted by atomic mass is 9.84. The second kappa shape index (κ2) is 11.0. The number of ether oxygens (including phenoxy) is 1. The minimum atomic E-state index is 0.311. The van der Waals surface area contributed by atoms with E-state index in [9.17, 15) is 4.79 Å². The molecule has 1 aliphatic carbocycles. The lowest BCUT2D eigenvalue weighted by Crippen LogP contribution is -2.52. The third-order valence-corrected chi connectivity index (χ3v) is 5.80. The highest BCUT2D eigenvalue weighted by Gasteiger charge is 2.30. The molecule has 1 aromatic rings. The first kappa shape index (κ1) is 21.4. The van der Waals surface area contributed by atoms with E-state index in [2.05, 4.69) is 31.5 Å². The number of benzene rings is 1. The van der Waals surface area contributed by atoms with E-state index >= 15 is 0 Å². The second-order valence-electron chi connectivity index (χ2n) is 7.69. The van der Waals surface area contributed by atoms with Gasteiger partial charge in [0.25, 0.3) is 0 Å². The van der Waals surface area contributed by atoms with Crippen molar-refractivity contribution >= 4 is 11.9 Å². The summed E-state index contributed by atoms with van der Waals surface area (Å²) in [5, 5.41) is 6.74. The van der Waals surface area contributed by atoms with Crippen LogP contribution in [0.25, 0.3) is 0 Å². The van der Waals surface area contributed by atoms with Crippen molar-refractivity contribution < 1.29 is 9.53 Å². The Morgan fingerprint density at radius 3 is 2.59 bits per heavy atom. The number of hydrogen-bond donors (Lipinski definition) is 2. The van der Waals surface area contributed by atoms with Crippen LogP contribution < -0.4 is 15.4 Å². The van der Waals surface area contributed by atoms with Crippen molar-refractivity contribution in [3.8, 4) is 5.75 Å². The van der Waals surface area contributed by atoms with Crippen molar-refractivity contribution in [2.24, 2.45) is 10.9 Å². The summed E-state index contributed by atoms with van der Waals surface area (Å²) in [5.41, 5.74) is 1.12. The standard InChI is InChI=1S/C22H35N5O2/c1-3-29-20-10-5-4-7-19(20)17-25-22(23-2)24-11-12-26-13-15-27(16-14-26)21(28)18-8-6-9-18/h4-5,7,10,18H,3,6,8-9,11-17H2,1-2H3,(H2,23,24,25). The Morgan fingerprint density at radius 1 is 1.17 bits per heavy atom. The molecule has 2 aliphatic rings. The zero-order chi connectivity index (χ0) is 20.5. The number of guanidine groups is 1. The number of aliphatic imine (C=N–C) groups is 1. The molecular weight excluding hydrogens is 366 g/mol. The Morgan fingerprint density at radius 2 is 1.93 bits per heavy atom. The molecule has 7 nitrogen and oxygen atoms in total. The van der Waals surface area contributed by atoms with E-state index in [1.54, 1.807) is 7.05 Å². The van der Waals surface area contributed by atoms with E-state index in [0.29, 0.717) is 25.0 Å². The number of carbonyl (C=O) groups excluding carboxylic acids is 1. The summed E-state index contributed by atoms with van der Waals surface area (Å²) in [6, 6.07) is 8.06. The van der Waals surface area contributed by atoms with Crippen LogP contribution >= 0.6 is 0 Å². The van der Waals surface area contributed by atoms with Gasteiger partial charge in [-0.2, -0.15) is 0 Å². The minimum Gasteiger partial charge on any atom is -0.494 e. The molecule has 160 valence electrons. The molecule has 3 rings (SSSR count). The molecule has 0 aromatic heterocycles. The van der Waals surface area contributed by atoms with Crippen molar-refractivity contribution in [1.29, 1.82) is 0 Å². The number of rotatable bonds is 8. The molecule has 2 fully saturated rings. The highest BCUT2D eigenvalue weighted by molar-refractivity contribution is 5.80. The number of nitrogens with one attached hydrogen (secondary N) is 2. The van der Waals surface area contributed by atoms with Crippen LogP contribution in [-0.4, -0.2) is 74.6 Å². The molecule has 1 amide bonds. The van der Waals surface area contributed by atoms with Crippen LogP contribution in [0.2, 0.25) is 0 Å². The van der Waals surface area contributed by atoms with E-state index in [-0.39, 0.29) is 0 Å². The first-order valence-corrected chi connectivity index (χ1v) is 10.9. The topological polar surface area (TPSA) is 69.2 Å². The van der Waals surface area contributed by atoms with Crippen LogP contribution in [0.4, 0.5) is 0 Å². The van der Waals surface area contributed by atoms with E-state index in [1.807, 2.05) is 25.1 Å². The highest BCUT2D eigenvalue weighted by Crippen LogP contribution is 2.28. The Hall–Kier alpha value is -2.28. The lowest BCUT2D eigenvalue weighted by Gasteiger charge is -2.38. The number of nitrogens with zero attached hydrogens (tertiary/aromatic N) is 3. The van der Waals surface area contributed by atoms with Gasteiger partial charge >= 0.3 is 0 Å². The summed E-state index contributed by atoms with van der Waals surface area (Å²) in [4.78, 5) is 21.1. The molecule has 2 N–H and O–H groups in total. The molecule has 1 saturated carbocycles. The molecule has 1 aromatic carbocycles. The average Bonchev–Trinajstić information content (AvgIpc) is 2.71. The van der Waals surface area contributed by atoms with E-state index in [4.69, 9.17) is 4.74 Å². The summed E-state index contributed by atoms with van der Waals surface area (Å²) in [5.74, 6) is 2.39. The fraction of sp³-hybridized carbons (Fsp3) is 0.636. The monoisotopic (exact) mass is 401 g/mol. The van der Waals surface area contributed by atoms with Crippen LogP contribution in [0.3, 0.4) is 0 Å². The van der Waals surface area contributed by atoms with Crippen molar-refractivity contribution in [3.05, 3.63) is 29.8 Å². The predicted octanol–water partition coefficient (Wildman–Crippen LogP) is 1.69. The van der Waals surface area contributed by atoms with Crippen LogP contribution in [0.15, 0.2) is 29.3 Å². The highest BCUT2D eigenvalue weighted by atomic mass is 16.5. The smallest absolute Gasteiger partial charge is 0.225 e.